The van der Waals surface area contributed by atoms with Gasteiger partial charge in [0.05, 0.1) is 5.92 Å². The molecular formula is C15H26N2O3. The number of likely N-dealkylation sites (tertiary alicyclic amines) is 1. The summed E-state index contributed by atoms with van der Waals surface area (Å²) in [4.78, 5) is 24.9. The molecule has 5 nitrogen and oxygen atoms in total. The van der Waals surface area contributed by atoms with E-state index in [0.29, 0.717) is 32.0 Å². The van der Waals surface area contributed by atoms with E-state index in [0.717, 1.165) is 12.8 Å². The van der Waals surface area contributed by atoms with E-state index in [2.05, 4.69) is 5.32 Å². The number of rotatable bonds is 2. The van der Waals surface area contributed by atoms with Gasteiger partial charge in [0, 0.05) is 19.1 Å². The van der Waals surface area contributed by atoms with E-state index in [1.54, 1.807) is 4.90 Å². The lowest BCUT2D eigenvalue weighted by molar-refractivity contribution is -0.143. The third kappa shape index (κ3) is 4.39. The summed E-state index contributed by atoms with van der Waals surface area (Å²) in [5, 5.41) is 12.1. The van der Waals surface area contributed by atoms with Gasteiger partial charge in [0.25, 0.3) is 0 Å². The summed E-state index contributed by atoms with van der Waals surface area (Å²) in [6, 6.07) is 0.305. The van der Waals surface area contributed by atoms with Gasteiger partial charge in [-0.15, -0.1) is 0 Å². The quantitative estimate of drug-likeness (QED) is 0.818. The molecule has 1 aliphatic carbocycles. The summed E-state index contributed by atoms with van der Waals surface area (Å²) in [5.41, 5.74) is 0. The molecule has 0 unspecified atom stereocenters. The number of carbonyl (C=O) groups excluding carboxylic acids is 1. The number of nitrogens with one attached hydrogen (secondary N) is 1. The van der Waals surface area contributed by atoms with Crippen molar-refractivity contribution in [3.05, 3.63) is 0 Å². The summed E-state index contributed by atoms with van der Waals surface area (Å²) in [7, 11) is 0. The molecule has 0 aromatic heterocycles. The number of urea groups is 1. The second-order valence-electron chi connectivity index (χ2n) is 6.09. The van der Waals surface area contributed by atoms with E-state index < -0.39 is 5.97 Å². The summed E-state index contributed by atoms with van der Waals surface area (Å²) in [6.07, 6.45) is 9.59. The van der Waals surface area contributed by atoms with Crippen LogP contribution in [0.5, 0.6) is 0 Å². The van der Waals surface area contributed by atoms with Crippen molar-refractivity contribution in [3.63, 3.8) is 0 Å². The molecule has 1 heterocycles. The molecule has 20 heavy (non-hydrogen) atoms. The normalized spacial score (nSPS) is 22.9. The van der Waals surface area contributed by atoms with Gasteiger partial charge in [-0.25, -0.2) is 4.79 Å². The fourth-order valence-electron chi connectivity index (χ4n) is 3.20. The lowest BCUT2D eigenvalue weighted by Crippen LogP contribution is -2.48. The smallest absolute Gasteiger partial charge is 0.317 e. The van der Waals surface area contributed by atoms with Gasteiger partial charge in [-0.2, -0.15) is 0 Å². The van der Waals surface area contributed by atoms with Crippen LogP contribution in [0.2, 0.25) is 0 Å². The van der Waals surface area contributed by atoms with Gasteiger partial charge in [0.15, 0.2) is 0 Å². The van der Waals surface area contributed by atoms with Gasteiger partial charge >= 0.3 is 12.0 Å². The highest BCUT2D eigenvalue weighted by molar-refractivity contribution is 5.75. The molecule has 2 rings (SSSR count). The van der Waals surface area contributed by atoms with Crippen LogP contribution in [0.3, 0.4) is 0 Å². The molecule has 0 bridgehead atoms. The highest BCUT2D eigenvalue weighted by Crippen LogP contribution is 2.19. The lowest BCUT2D eigenvalue weighted by atomic mass is 9.96. The monoisotopic (exact) mass is 282 g/mol. The van der Waals surface area contributed by atoms with E-state index in [1.807, 2.05) is 0 Å². The highest BCUT2D eigenvalue weighted by atomic mass is 16.4. The Morgan fingerprint density at radius 3 is 2.00 bits per heavy atom. The van der Waals surface area contributed by atoms with Crippen LogP contribution in [0, 0.1) is 5.92 Å². The number of piperidine rings is 1. The number of carboxylic acid groups (broad SMARTS) is 1. The van der Waals surface area contributed by atoms with Crippen LogP contribution < -0.4 is 5.32 Å². The zero-order valence-electron chi connectivity index (χ0n) is 12.1. The Bertz CT molecular complexity index is 330. The van der Waals surface area contributed by atoms with Crippen molar-refractivity contribution in [2.75, 3.05) is 13.1 Å². The maximum Gasteiger partial charge on any atom is 0.317 e. The number of hydrogen-bond donors (Lipinski definition) is 2. The van der Waals surface area contributed by atoms with E-state index >= 15 is 0 Å². The molecule has 2 N–H and O–H groups in total. The Hall–Kier alpha value is -1.26. The van der Waals surface area contributed by atoms with E-state index in [1.165, 1.54) is 32.1 Å². The zero-order chi connectivity index (χ0) is 14.4. The Morgan fingerprint density at radius 1 is 0.900 bits per heavy atom. The number of hydrogen-bond acceptors (Lipinski definition) is 2. The van der Waals surface area contributed by atoms with Crippen molar-refractivity contribution in [3.8, 4) is 0 Å². The van der Waals surface area contributed by atoms with Gasteiger partial charge in [-0.3, -0.25) is 4.79 Å². The number of amides is 2. The third-order valence-corrected chi connectivity index (χ3v) is 4.56. The first-order chi connectivity index (χ1) is 9.66. The second kappa shape index (κ2) is 7.50. The van der Waals surface area contributed by atoms with E-state index in [-0.39, 0.29) is 11.9 Å². The predicted octanol–water partition coefficient (Wildman–Crippen LogP) is 2.61. The number of carboxylic acids is 1. The minimum Gasteiger partial charge on any atom is -0.481 e. The van der Waals surface area contributed by atoms with Crippen molar-refractivity contribution in [2.24, 2.45) is 5.92 Å². The van der Waals surface area contributed by atoms with Crippen LogP contribution in [0.4, 0.5) is 4.79 Å². The van der Waals surface area contributed by atoms with Gasteiger partial charge in [0.2, 0.25) is 0 Å². The molecule has 0 aromatic rings. The lowest BCUT2D eigenvalue weighted by Gasteiger charge is -2.32. The van der Waals surface area contributed by atoms with Crippen molar-refractivity contribution in [1.29, 1.82) is 0 Å². The van der Waals surface area contributed by atoms with E-state index in [4.69, 9.17) is 5.11 Å². The van der Waals surface area contributed by atoms with Crippen molar-refractivity contribution in [1.82, 2.24) is 10.2 Å². The molecular weight excluding hydrogens is 256 g/mol. The zero-order valence-corrected chi connectivity index (χ0v) is 12.1. The van der Waals surface area contributed by atoms with E-state index in [9.17, 15) is 9.59 Å². The molecule has 0 spiro atoms. The minimum atomic E-state index is -0.731. The fraction of sp³-hybridized carbons (Fsp3) is 0.867. The number of carbonyl (C=O) groups is 2. The average molecular weight is 282 g/mol. The summed E-state index contributed by atoms with van der Waals surface area (Å²) in [6.45, 7) is 1.13. The first kappa shape index (κ1) is 15.1. The van der Waals surface area contributed by atoms with Gasteiger partial charge in [-0.05, 0) is 25.7 Å². The van der Waals surface area contributed by atoms with Crippen molar-refractivity contribution < 1.29 is 14.7 Å². The minimum absolute atomic E-state index is 0.000544. The molecule has 114 valence electrons. The van der Waals surface area contributed by atoms with Crippen LogP contribution >= 0.6 is 0 Å². The third-order valence-electron chi connectivity index (χ3n) is 4.56. The SMILES string of the molecule is O=C(O)C1CCN(C(=O)NC2CCCCCCC2)CC1. The van der Waals surface area contributed by atoms with Crippen LogP contribution in [0.25, 0.3) is 0 Å². The second-order valence-corrected chi connectivity index (χ2v) is 6.09. The molecule has 1 saturated carbocycles. The maximum absolute atomic E-state index is 12.2. The molecule has 2 amide bonds. The molecule has 2 fully saturated rings. The molecule has 0 radical (unpaired) electrons. The predicted molar refractivity (Wildman–Crippen MR) is 76.6 cm³/mol. The van der Waals surface area contributed by atoms with Gasteiger partial charge < -0.3 is 15.3 Å². The maximum atomic E-state index is 12.2. The molecule has 0 atom stereocenters. The highest BCUT2D eigenvalue weighted by Gasteiger charge is 2.27. The molecule has 5 heteroatoms. The Balaban J connectivity index is 1.75. The summed E-state index contributed by atoms with van der Waals surface area (Å²) >= 11 is 0. The van der Waals surface area contributed by atoms with Crippen molar-refractivity contribution in [2.45, 2.75) is 63.8 Å². The van der Waals surface area contributed by atoms with Crippen LogP contribution in [0.1, 0.15) is 57.8 Å². The first-order valence-corrected chi connectivity index (χ1v) is 7.95. The Morgan fingerprint density at radius 2 is 1.45 bits per heavy atom. The molecule has 1 saturated heterocycles. The summed E-state index contributed by atoms with van der Waals surface area (Å²) < 4.78 is 0. The largest absolute Gasteiger partial charge is 0.481 e. The Kier molecular flexibility index (Phi) is 5.68. The number of nitrogens with zero attached hydrogens (tertiary/aromatic N) is 1. The van der Waals surface area contributed by atoms with Crippen LogP contribution in [-0.2, 0) is 4.79 Å². The Labute approximate surface area is 120 Å². The van der Waals surface area contributed by atoms with Gasteiger partial charge in [-0.1, -0.05) is 32.1 Å². The molecule has 1 aliphatic heterocycles. The average Bonchev–Trinajstić information content (AvgIpc) is 2.41. The number of aliphatic carboxylic acids is 1. The van der Waals surface area contributed by atoms with Crippen molar-refractivity contribution >= 4 is 12.0 Å². The van der Waals surface area contributed by atoms with Crippen LogP contribution in [-0.4, -0.2) is 41.1 Å². The molecule has 0 aromatic carbocycles. The standard InChI is InChI=1S/C15H26N2O3/c18-14(19)12-8-10-17(11-9-12)15(20)16-13-6-4-2-1-3-5-7-13/h12-13H,1-11H2,(H,16,20)(H,18,19). The fourth-order valence-corrected chi connectivity index (χ4v) is 3.20. The topological polar surface area (TPSA) is 69.6 Å². The first-order valence-electron chi connectivity index (χ1n) is 7.95. The van der Waals surface area contributed by atoms with Gasteiger partial charge in [0.1, 0.15) is 0 Å². The van der Waals surface area contributed by atoms with Crippen LogP contribution in [0.15, 0.2) is 0 Å². The summed E-state index contributed by atoms with van der Waals surface area (Å²) in [5.74, 6) is -1.01. The molecule has 2 aliphatic rings.